The van der Waals surface area contributed by atoms with Crippen LogP contribution in [-0.4, -0.2) is 17.3 Å². The van der Waals surface area contributed by atoms with Gasteiger partial charge in [-0.2, -0.15) is 0 Å². The van der Waals surface area contributed by atoms with Crippen LogP contribution in [0.1, 0.15) is 40.0 Å². The van der Waals surface area contributed by atoms with Gasteiger partial charge in [0.2, 0.25) is 0 Å². The van der Waals surface area contributed by atoms with E-state index in [4.69, 9.17) is 0 Å². The van der Waals surface area contributed by atoms with Gasteiger partial charge in [-0.05, 0) is 25.7 Å². The summed E-state index contributed by atoms with van der Waals surface area (Å²) in [6, 6.07) is 0. The van der Waals surface area contributed by atoms with E-state index < -0.39 is 0 Å². The van der Waals surface area contributed by atoms with Crippen LogP contribution in [0, 0.1) is 5.92 Å². The van der Waals surface area contributed by atoms with Gasteiger partial charge in [-0.3, -0.25) is 0 Å². The summed E-state index contributed by atoms with van der Waals surface area (Å²) in [7, 11) is 3.84. The fourth-order valence-corrected chi connectivity index (χ4v) is 3.20. The highest BCUT2D eigenvalue weighted by Crippen LogP contribution is 2.24. The Hall–Kier alpha value is 0.370. The molecule has 0 aliphatic carbocycles. The van der Waals surface area contributed by atoms with E-state index in [0.717, 1.165) is 24.5 Å². The summed E-state index contributed by atoms with van der Waals surface area (Å²) < 4.78 is 0. The maximum absolute atomic E-state index is 10.6. The zero-order valence-corrected chi connectivity index (χ0v) is 10.5. The van der Waals surface area contributed by atoms with Gasteiger partial charge in [0.1, 0.15) is 5.78 Å². The third-order valence-electron chi connectivity index (χ3n) is 1.62. The smallest absolute Gasteiger partial charge is 0.129 e. The van der Waals surface area contributed by atoms with Crippen LogP contribution >= 0.6 is 21.6 Å². The molecule has 0 aliphatic rings. The molecule has 78 valence electrons. The molecule has 0 aromatic heterocycles. The SMILES string of the molecule is CC(=O)CCCSSCCC(C)C. The van der Waals surface area contributed by atoms with E-state index in [1.165, 1.54) is 12.2 Å². The van der Waals surface area contributed by atoms with E-state index in [1.54, 1.807) is 6.92 Å². The molecule has 0 rings (SSSR count). The van der Waals surface area contributed by atoms with Crippen molar-refractivity contribution in [3.63, 3.8) is 0 Å². The molecule has 3 heteroatoms. The molecule has 0 unspecified atom stereocenters. The number of carbonyl (C=O) groups is 1. The Bertz CT molecular complexity index is 135. The molecule has 0 amide bonds. The van der Waals surface area contributed by atoms with Crippen molar-refractivity contribution in [2.24, 2.45) is 5.92 Å². The number of rotatable bonds is 8. The number of carbonyl (C=O) groups excluding carboxylic acids is 1. The van der Waals surface area contributed by atoms with Crippen LogP contribution in [0.3, 0.4) is 0 Å². The first kappa shape index (κ1) is 13.4. The molecule has 0 saturated heterocycles. The summed E-state index contributed by atoms with van der Waals surface area (Å²) >= 11 is 0. The molecule has 0 aromatic rings. The zero-order valence-electron chi connectivity index (χ0n) is 8.84. The van der Waals surface area contributed by atoms with Crippen molar-refractivity contribution in [1.29, 1.82) is 0 Å². The van der Waals surface area contributed by atoms with Crippen LogP contribution in [0.15, 0.2) is 0 Å². The molecule has 0 bridgehead atoms. The second-order valence-corrected chi connectivity index (χ2v) is 6.33. The Morgan fingerprint density at radius 1 is 1.23 bits per heavy atom. The number of hydrogen-bond acceptors (Lipinski definition) is 3. The van der Waals surface area contributed by atoms with E-state index in [0.29, 0.717) is 5.78 Å². The van der Waals surface area contributed by atoms with Crippen LogP contribution in [0.5, 0.6) is 0 Å². The van der Waals surface area contributed by atoms with Crippen LogP contribution in [0.2, 0.25) is 0 Å². The number of Topliss-reactive ketones (excluding diaryl/α,β-unsaturated/α-hetero) is 1. The average Bonchev–Trinajstić information content (AvgIpc) is 2.01. The monoisotopic (exact) mass is 220 g/mol. The summed E-state index contributed by atoms with van der Waals surface area (Å²) in [6.07, 6.45) is 3.08. The lowest BCUT2D eigenvalue weighted by Crippen LogP contribution is -1.91. The van der Waals surface area contributed by atoms with Crippen LogP contribution in [0.4, 0.5) is 0 Å². The lowest BCUT2D eigenvalue weighted by molar-refractivity contribution is -0.117. The fourth-order valence-electron chi connectivity index (χ4n) is 0.782. The molecule has 0 spiro atoms. The number of hydrogen-bond donors (Lipinski definition) is 0. The van der Waals surface area contributed by atoms with Crippen molar-refractivity contribution >= 4 is 27.4 Å². The van der Waals surface area contributed by atoms with Gasteiger partial charge in [0.05, 0.1) is 0 Å². The van der Waals surface area contributed by atoms with Crippen molar-refractivity contribution in [2.75, 3.05) is 11.5 Å². The number of ketones is 1. The fraction of sp³-hybridized carbons (Fsp3) is 0.900. The van der Waals surface area contributed by atoms with E-state index >= 15 is 0 Å². The van der Waals surface area contributed by atoms with Gasteiger partial charge in [0.25, 0.3) is 0 Å². The zero-order chi connectivity index (χ0) is 10.1. The Morgan fingerprint density at radius 3 is 2.38 bits per heavy atom. The van der Waals surface area contributed by atoms with Crippen LogP contribution in [0.25, 0.3) is 0 Å². The molecule has 0 atom stereocenters. The van der Waals surface area contributed by atoms with Crippen LogP contribution in [-0.2, 0) is 4.79 Å². The van der Waals surface area contributed by atoms with Gasteiger partial charge >= 0.3 is 0 Å². The first-order valence-corrected chi connectivity index (χ1v) is 7.35. The van der Waals surface area contributed by atoms with Crippen molar-refractivity contribution < 1.29 is 4.79 Å². The third kappa shape index (κ3) is 12.4. The van der Waals surface area contributed by atoms with Gasteiger partial charge in [0, 0.05) is 17.9 Å². The largest absolute Gasteiger partial charge is 0.300 e. The molecule has 0 radical (unpaired) electrons. The first-order valence-electron chi connectivity index (χ1n) is 4.86. The minimum atomic E-state index is 0.313. The first-order chi connectivity index (χ1) is 6.13. The molecule has 0 saturated carbocycles. The highest BCUT2D eigenvalue weighted by Gasteiger charge is 1.96. The Balaban J connectivity index is 2.96. The topological polar surface area (TPSA) is 17.1 Å². The maximum Gasteiger partial charge on any atom is 0.129 e. The minimum absolute atomic E-state index is 0.313. The Labute approximate surface area is 89.8 Å². The molecule has 1 nitrogen and oxygen atoms in total. The average molecular weight is 220 g/mol. The lowest BCUT2D eigenvalue weighted by Gasteiger charge is -2.03. The van der Waals surface area contributed by atoms with Gasteiger partial charge in [0.15, 0.2) is 0 Å². The lowest BCUT2D eigenvalue weighted by atomic mass is 10.2. The highest BCUT2D eigenvalue weighted by atomic mass is 33.1. The van der Waals surface area contributed by atoms with Gasteiger partial charge in [-0.25, -0.2) is 0 Å². The summed E-state index contributed by atoms with van der Waals surface area (Å²) in [6.45, 7) is 6.17. The summed E-state index contributed by atoms with van der Waals surface area (Å²) in [4.78, 5) is 10.6. The van der Waals surface area contributed by atoms with Gasteiger partial charge in [-0.1, -0.05) is 35.4 Å². The molecule has 0 fully saturated rings. The third-order valence-corrected chi connectivity index (χ3v) is 4.14. The van der Waals surface area contributed by atoms with Crippen molar-refractivity contribution in [3.8, 4) is 0 Å². The standard InChI is InChI=1S/C10H20OS2/c1-9(2)6-8-13-12-7-4-5-10(3)11/h9H,4-8H2,1-3H3. The molecule has 0 aliphatic heterocycles. The van der Waals surface area contributed by atoms with Crippen molar-refractivity contribution in [3.05, 3.63) is 0 Å². The predicted molar refractivity (Wildman–Crippen MR) is 64.3 cm³/mol. The van der Waals surface area contributed by atoms with Gasteiger partial charge in [-0.15, -0.1) is 0 Å². The molecule has 0 heterocycles. The van der Waals surface area contributed by atoms with E-state index in [-0.39, 0.29) is 0 Å². The van der Waals surface area contributed by atoms with E-state index in [9.17, 15) is 4.79 Å². The maximum atomic E-state index is 10.6. The summed E-state index contributed by atoms with van der Waals surface area (Å²) in [5, 5.41) is 0. The Morgan fingerprint density at radius 2 is 1.85 bits per heavy atom. The Kier molecular flexibility index (Phi) is 9.20. The quantitative estimate of drug-likeness (QED) is 0.458. The van der Waals surface area contributed by atoms with E-state index in [2.05, 4.69) is 13.8 Å². The normalized spacial score (nSPS) is 10.8. The van der Waals surface area contributed by atoms with Gasteiger partial charge < -0.3 is 4.79 Å². The minimum Gasteiger partial charge on any atom is -0.300 e. The molecule has 0 aromatic carbocycles. The second-order valence-electron chi connectivity index (χ2n) is 3.63. The molecule has 13 heavy (non-hydrogen) atoms. The van der Waals surface area contributed by atoms with Crippen molar-refractivity contribution in [2.45, 2.75) is 40.0 Å². The predicted octanol–water partition coefficient (Wildman–Crippen LogP) is 3.78. The summed E-state index contributed by atoms with van der Waals surface area (Å²) in [5.41, 5.74) is 0. The van der Waals surface area contributed by atoms with Crippen molar-refractivity contribution in [1.82, 2.24) is 0 Å². The van der Waals surface area contributed by atoms with E-state index in [1.807, 2.05) is 21.6 Å². The van der Waals surface area contributed by atoms with Crippen LogP contribution < -0.4 is 0 Å². The molecular weight excluding hydrogens is 200 g/mol. The highest BCUT2D eigenvalue weighted by molar-refractivity contribution is 8.76. The second kappa shape index (κ2) is 8.95. The molecular formula is C10H20OS2. The molecule has 0 N–H and O–H groups in total. The summed E-state index contributed by atoms with van der Waals surface area (Å²) in [5.74, 6) is 3.48.